The summed E-state index contributed by atoms with van der Waals surface area (Å²) in [6.45, 7) is 7.99. The van der Waals surface area contributed by atoms with Gasteiger partial charge in [0.1, 0.15) is 12.1 Å². The van der Waals surface area contributed by atoms with E-state index in [-0.39, 0.29) is 11.8 Å². The van der Waals surface area contributed by atoms with Gasteiger partial charge in [-0.15, -0.1) is 0 Å². The van der Waals surface area contributed by atoms with Gasteiger partial charge in [0, 0.05) is 5.69 Å². The van der Waals surface area contributed by atoms with Crippen molar-refractivity contribution < 1.29 is 9.59 Å². The third-order valence-corrected chi connectivity index (χ3v) is 4.27. The second kappa shape index (κ2) is 6.29. The molecule has 1 aromatic rings. The van der Waals surface area contributed by atoms with Crippen LogP contribution in [-0.2, 0) is 9.59 Å². The molecule has 1 N–H and O–H groups in total. The summed E-state index contributed by atoms with van der Waals surface area (Å²) in [6.07, 6.45) is 2.17. The molecule has 2 atom stereocenters. The van der Waals surface area contributed by atoms with Gasteiger partial charge in [-0.2, -0.15) is 0 Å². The molecule has 2 amide bonds. The van der Waals surface area contributed by atoms with Crippen molar-refractivity contribution in [2.45, 2.75) is 59.0 Å². The SMILES string of the molecule is CCCC1NC(=O)C(CC)N(c2cccc(C)c2C)C1=O. The first-order chi connectivity index (χ1) is 10.0. The lowest BCUT2D eigenvalue weighted by Crippen LogP contribution is -2.63. The number of hydrogen-bond acceptors (Lipinski definition) is 2. The molecular formula is C17H24N2O2. The Morgan fingerprint density at radius 2 is 1.90 bits per heavy atom. The Morgan fingerprint density at radius 3 is 2.52 bits per heavy atom. The van der Waals surface area contributed by atoms with E-state index in [4.69, 9.17) is 0 Å². The van der Waals surface area contributed by atoms with Crippen LogP contribution in [0.1, 0.15) is 44.2 Å². The van der Waals surface area contributed by atoms with Crippen molar-refractivity contribution in [3.63, 3.8) is 0 Å². The van der Waals surface area contributed by atoms with Gasteiger partial charge in [0.2, 0.25) is 11.8 Å². The largest absolute Gasteiger partial charge is 0.342 e. The quantitative estimate of drug-likeness (QED) is 0.926. The van der Waals surface area contributed by atoms with Crippen LogP contribution >= 0.6 is 0 Å². The van der Waals surface area contributed by atoms with Crippen LogP contribution in [0.2, 0.25) is 0 Å². The maximum absolute atomic E-state index is 12.8. The molecule has 0 aromatic heterocycles. The summed E-state index contributed by atoms with van der Waals surface area (Å²) in [5.74, 6) is -0.0338. The Bertz CT molecular complexity index is 554. The molecule has 0 spiro atoms. The third kappa shape index (κ3) is 2.80. The van der Waals surface area contributed by atoms with Crippen LogP contribution in [0, 0.1) is 13.8 Å². The van der Waals surface area contributed by atoms with E-state index in [0.717, 1.165) is 23.2 Å². The highest BCUT2D eigenvalue weighted by molar-refractivity contribution is 6.08. The summed E-state index contributed by atoms with van der Waals surface area (Å²) in [6, 6.07) is 5.10. The van der Waals surface area contributed by atoms with Crippen molar-refractivity contribution >= 4 is 17.5 Å². The number of hydrogen-bond donors (Lipinski definition) is 1. The van der Waals surface area contributed by atoms with E-state index in [2.05, 4.69) is 5.32 Å². The fourth-order valence-corrected chi connectivity index (χ4v) is 2.90. The monoisotopic (exact) mass is 288 g/mol. The van der Waals surface area contributed by atoms with E-state index in [1.165, 1.54) is 0 Å². The Balaban J connectivity index is 2.47. The van der Waals surface area contributed by atoms with Crippen molar-refractivity contribution in [3.8, 4) is 0 Å². The zero-order chi connectivity index (χ0) is 15.6. The van der Waals surface area contributed by atoms with E-state index in [1.807, 2.05) is 45.9 Å². The van der Waals surface area contributed by atoms with Gasteiger partial charge >= 0.3 is 0 Å². The summed E-state index contributed by atoms with van der Waals surface area (Å²) in [5.41, 5.74) is 3.06. The minimum atomic E-state index is -0.411. The fraction of sp³-hybridized carbons (Fsp3) is 0.529. The zero-order valence-corrected chi connectivity index (χ0v) is 13.3. The number of aryl methyl sites for hydroxylation is 1. The van der Waals surface area contributed by atoms with Crippen LogP contribution in [-0.4, -0.2) is 23.9 Å². The Kier molecular flexibility index (Phi) is 4.66. The summed E-state index contributed by atoms with van der Waals surface area (Å²) in [7, 11) is 0. The van der Waals surface area contributed by atoms with Crippen LogP contribution < -0.4 is 10.2 Å². The van der Waals surface area contributed by atoms with Gasteiger partial charge in [-0.1, -0.05) is 32.4 Å². The van der Waals surface area contributed by atoms with E-state index >= 15 is 0 Å². The van der Waals surface area contributed by atoms with Gasteiger partial charge < -0.3 is 5.32 Å². The van der Waals surface area contributed by atoms with Crippen molar-refractivity contribution in [3.05, 3.63) is 29.3 Å². The van der Waals surface area contributed by atoms with Crippen LogP contribution in [0.5, 0.6) is 0 Å². The zero-order valence-electron chi connectivity index (χ0n) is 13.3. The molecule has 2 unspecified atom stereocenters. The lowest BCUT2D eigenvalue weighted by atomic mass is 9.98. The van der Waals surface area contributed by atoms with Crippen molar-refractivity contribution in [1.82, 2.24) is 5.32 Å². The van der Waals surface area contributed by atoms with Crippen LogP contribution in [0.25, 0.3) is 0 Å². The number of nitrogens with zero attached hydrogens (tertiary/aromatic N) is 1. The summed E-state index contributed by atoms with van der Waals surface area (Å²) < 4.78 is 0. The molecule has 2 rings (SSSR count). The van der Waals surface area contributed by atoms with Crippen LogP contribution in [0.15, 0.2) is 18.2 Å². The number of carbonyl (C=O) groups is 2. The Hall–Kier alpha value is -1.84. The van der Waals surface area contributed by atoms with E-state index in [0.29, 0.717) is 12.8 Å². The molecule has 21 heavy (non-hydrogen) atoms. The van der Waals surface area contributed by atoms with Crippen LogP contribution in [0.4, 0.5) is 5.69 Å². The smallest absolute Gasteiger partial charge is 0.250 e. The first-order valence-electron chi connectivity index (χ1n) is 7.70. The first-order valence-corrected chi connectivity index (χ1v) is 7.70. The average molecular weight is 288 g/mol. The van der Waals surface area contributed by atoms with Gasteiger partial charge in [0.15, 0.2) is 0 Å². The van der Waals surface area contributed by atoms with E-state index in [1.54, 1.807) is 4.90 Å². The van der Waals surface area contributed by atoms with Gasteiger partial charge in [-0.3, -0.25) is 14.5 Å². The highest BCUT2D eigenvalue weighted by atomic mass is 16.2. The molecule has 0 bridgehead atoms. The van der Waals surface area contributed by atoms with Gasteiger partial charge in [-0.25, -0.2) is 0 Å². The topological polar surface area (TPSA) is 49.4 Å². The number of nitrogens with one attached hydrogen (secondary N) is 1. The maximum atomic E-state index is 12.8. The van der Waals surface area contributed by atoms with Crippen molar-refractivity contribution in [1.29, 1.82) is 0 Å². The minimum Gasteiger partial charge on any atom is -0.342 e. The molecule has 1 saturated heterocycles. The molecule has 1 fully saturated rings. The fourth-order valence-electron chi connectivity index (χ4n) is 2.90. The molecule has 1 heterocycles. The first kappa shape index (κ1) is 15.5. The third-order valence-electron chi connectivity index (χ3n) is 4.27. The second-order valence-electron chi connectivity index (χ2n) is 5.70. The van der Waals surface area contributed by atoms with Gasteiger partial charge in [0.05, 0.1) is 0 Å². The normalized spacial score (nSPS) is 22.4. The summed E-state index contributed by atoms with van der Waals surface area (Å²) in [5, 5.41) is 2.87. The molecule has 0 radical (unpaired) electrons. The highest BCUT2D eigenvalue weighted by Crippen LogP contribution is 2.29. The number of anilines is 1. The number of piperazine rings is 1. The van der Waals surface area contributed by atoms with Gasteiger partial charge in [-0.05, 0) is 43.9 Å². The number of benzene rings is 1. The number of carbonyl (C=O) groups excluding carboxylic acids is 2. The van der Waals surface area contributed by atoms with Gasteiger partial charge in [0.25, 0.3) is 0 Å². The molecule has 1 aliphatic heterocycles. The molecule has 0 saturated carbocycles. The summed E-state index contributed by atoms with van der Waals surface area (Å²) >= 11 is 0. The van der Waals surface area contributed by atoms with E-state index < -0.39 is 12.1 Å². The average Bonchev–Trinajstić information content (AvgIpc) is 2.46. The standard InChI is InChI=1S/C17H24N2O2/c1-5-8-13-17(21)19(14(6-2)16(20)18-13)15-10-7-9-11(3)12(15)4/h7,9-10,13-14H,5-6,8H2,1-4H3,(H,18,20). The van der Waals surface area contributed by atoms with E-state index in [9.17, 15) is 9.59 Å². The molecule has 4 heteroatoms. The molecule has 114 valence electrons. The molecular weight excluding hydrogens is 264 g/mol. The lowest BCUT2D eigenvalue weighted by molar-refractivity contribution is -0.134. The Labute approximate surface area is 126 Å². The number of rotatable bonds is 4. The maximum Gasteiger partial charge on any atom is 0.250 e. The van der Waals surface area contributed by atoms with Crippen molar-refractivity contribution in [2.75, 3.05) is 4.90 Å². The molecule has 4 nitrogen and oxygen atoms in total. The highest BCUT2D eigenvalue weighted by Gasteiger charge is 2.40. The Morgan fingerprint density at radius 1 is 1.19 bits per heavy atom. The lowest BCUT2D eigenvalue weighted by Gasteiger charge is -2.39. The minimum absolute atomic E-state index is 0.0111. The second-order valence-corrected chi connectivity index (χ2v) is 5.70. The molecule has 0 aliphatic carbocycles. The molecule has 1 aromatic carbocycles. The number of amides is 2. The predicted molar refractivity (Wildman–Crippen MR) is 84.3 cm³/mol. The van der Waals surface area contributed by atoms with Crippen molar-refractivity contribution in [2.24, 2.45) is 0 Å². The molecule has 1 aliphatic rings. The van der Waals surface area contributed by atoms with Crippen LogP contribution in [0.3, 0.4) is 0 Å². The predicted octanol–water partition coefficient (Wildman–Crippen LogP) is 2.71. The summed E-state index contributed by atoms with van der Waals surface area (Å²) in [4.78, 5) is 26.8.